The minimum absolute atomic E-state index is 0.824. The molecule has 0 aromatic rings. The zero-order chi connectivity index (χ0) is 7.71. The monoisotopic (exact) mass is 180 g/mol. The van der Waals surface area contributed by atoms with Crippen molar-refractivity contribution >= 4 is 23.2 Å². The first kappa shape index (κ1) is 9.37. The molecule has 0 fully saturated rings. The van der Waals surface area contributed by atoms with Crippen LogP contribution in [0.2, 0.25) is 0 Å². The summed E-state index contributed by atoms with van der Waals surface area (Å²) in [7, 11) is 0. The Balaban J connectivity index is 3.75. The maximum Gasteiger partial charge on any atom is 0.325 e. The fraction of sp³-hybridized carbons (Fsp3) is 1.00. The maximum absolute atomic E-state index is 12.1. The van der Waals surface area contributed by atoms with Crippen LogP contribution in [0.5, 0.6) is 0 Å². The Morgan fingerprint density at radius 3 is 1.56 bits per heavy atom. The molecule has 1 atom stereocenters. The summed E-state index contributed by atoms with van der Waals surface area (Å²) in [4.78, 5) is 0. The molecule has 0 heterocycles. The molecule has 0 aromatic heterocycles. The van der Waals surface area contributed by atoms with Crippen LogP contribution < -0.4 is 0 Å². The van der Waals surface area contributed by atoms with Crippen molar-refractivity contribution in [3.8, 4) is 0 Å². The Morgan fingerprint density at radius 2 is 1.56 bits per heavy atom. The van der Waals surface area contributed by atoms with E-state index in [2.05, 4.69) is 11.6 Å². The third kappa shape index (κ3) is 8.37. The molecule has 0 aliphatic rings. The van der Waals surface area contributed by atoms with Crippen LogP contribution in [0.15, 0.2) is 0 Å². The summed E-state index contributed by atoms with van der Waals surface area (Å²) in [5.74, 6) is 0. The van der Waals surface area contributed by atoms with Gasteiger partial charge in [0.1, 0.15) is 0 Å². The SMILES string of the molecule is CC(F)(Cl)CC(F)(F)Cl. The molecule has 0 saturated heterocycles. The molecule has 0 aromatic carbocycles. The molecular formula is C4H5Cl2F3. The largest absolute Gasteiger partial charge is 0.325 e. The molecular weight excluding hydrogens is 176 g/mol. The zero-order valence-corrected chi connectivity index (χ0v) is 6.11. The molecule has 0 radical (unpaired) electrons. The summed E-state index contributed by atoms with van der Waals surface area (Å²) < 4.78 is 35.4. The van der Waals surface area contributed by atoms with Gasteiger partial charge in [-0.15, -0.1) is 0 Å². The number of alkyl halides is 5. The topological polar surface area (TPSA) is 0 Å². The van der Waals surface area contributed by atoms with Gasteiger partial charge in [-0.3, -0.25) is 0 Å². The molecule has 0 N–H and O–H groups in total. The van der Waals surface area contributed by atoms with Gasteiger partial charge in [0, 0.05) is 0 Å². The minimum Gasteiger partial charge on any atom is -0.226 e. The fourth-order valence-corrected chi connectivity index (χ4v) is 0.839. The predicted molar refractivity (Wildman–Crippen MR) is 30.8 cm³/mol. The second-order valence-electron chi connectivity index (χ2n) is 1.86. The first-order chi connectivity index (χ1) is 3.71. The first-order valence-electron chi connectivity index (χ1n) is 2.15. The van der Waals surface area contributed by atoms with Crippen molar-refractivity contribution in [1.29, 1.82) is 0 Å². The average Bonchev–Trinajstić information content (AvgIpc) is 1.14. The lowest BCUT2D eigenvalue weighted by Gasteiger charge is -2.14. The number of halogens is 5. The van der Waals surface area contributed by atoms with Crippen LogP contribution in [0.3, 0.4) is 0 Å². The third-order valence-electron chi connectivity index (χ3n) is 0.511. The first-order valence-corrected chi connectivity index (χ1v) is 2.91. The van der Waals surface area contributed by atoms with E-state index in [4.69, 9.17) is 11.6 Å². The number of hydrogen-bond donors (Lipinski definition) is 0. The molecule has 0 saturated carbocycles. The maximum atomic E-state index is 12.1. The fourth-order valence-electron chi connectivity index (χ4n) is 0.352. The van der Waals surface area contributed by atoms with Crippen LogP contribution >= 0.6 is 23.2 Å². The predicted octanol–water partition coefficient (Wildman–Crippen LogP) is 3.13. The van der Waals surface area contributed by atoms with Crippen molar-refractivity contribution in [3.05, 3.63) is 0 Å². The van der Waals surface area contributed by atoms with Gasteiger partial charge in [0.05, 0.1) is 6.42 Å². The summed E-state index contributed by atoms with van der Waals surface area (Å²) in [6.45, 7) is 0.824. The third-order valence-corrected chi connectivity index (χ3v) is 0.778. The second-order valence-corrected chi connectivity index (χ2v) is 3.20. The summed E-state index contributed by atoms with van der Waals surface area (Å²) in [6.07, 6.45) is -1.18. The molecule has 0 nitrogen and oxygen atoms in total. The molecule has 0 rings (SSSR count). The lowest BCUT2D eigenvalue weighted by molar-refractivity contribution is 0.0488. The highest BCUT2D eigenvalue weighted by atomic mass is 35.5. The van der Waals surface area contributed by atoms with E-state index in [0.717, 1.165) is 6.92 Å². The van der Waals surface area contributed by atoms with Gasteiger partial charge in [0.15, 0.2) is 5.13 Å². The summed E-state index contributed by atoms with van der Waals surface area (Å²) >= 11 is 9.15. The normalized spacial score (nSPS) is 19.3. The standard InChI is InChI=1S/C4H5Cl2F3/c1-3(5,7)2-4(6,8)9/h2H2,1H3. The van der Waals surface area contributed by atoms with Gasteiger partial charge in [0.25, 0.3) is 0 Å². The van der Waals surface area contributed by atoms with Crippen molar-refractivity contribution < 1.29 is 13.2 Å². The highest BCUT2D eigenvalue weighted by Gasteiger charge is 2.36. The van der Waals surface area contributed by atoms with Gasteiger partial charge in [-0.05, 0) is 18.5 Å². The van der Waals surface area contributed by atoms with Gasteiger partial charge in [-0.25, -0.2) is 4.39 Å². The van der Waals surface area contributed by atoms with Gasteiger partial charge >= 0.3 is 5.38 Å². The van der Waals surface area contributed by atoms with Gasteiger partial charge in [-0.1, -0.05) is 11.6 Å². The van der Waals surface area contributed by atoms with E-state index in [0.29, 0.717) is 0 Å². The summed E-state index contributed by atoms with van der Waals surface area (Å²) in [5, 5.41) is -5.98. The van der Waals surface area contributed by atoms with Crippen LogP contribution in [-0.2, 0) is 0 Å². The second kappa shape index (κ2) is 2.54. The van der Waals surface area contributed by atoms with Crippen LogP contribution in [0.1, 0.15) is 13.3 Å². The molecule has 0 aliphatic heterocycles. The number of rotatable bonds is 2. The highest BCUT2D eigenvalue weighted by molar-refractivity contribution is 6.25. The van der Waals surface area contributed by atoms with Crippen molar-refractivity contribution in [2.75, 3.05) is 0 Å². The minimum atomic E-state index is -3.55. The van der Waals surface area contributed by atoms with Crippen molar-refractivity contribution in [2.24, 2.45) is 0 Å². The molecule has 56 valence electrons. The van der Waals surface area contributed by atoms with E-state index in [1.807, 2.05) is 0 Å². The summed E-state index contributed by atoms with van der Waals surface area (Å²) in [6, 6.07) is 0. The van der Waals surface area contributed by atoms with Gasteiger partial charge < -0.3 is 0 Å². The van der Waals surface area contributed by atoms with E-state index in [1.165, 1.54) is 0 Å². The highest BCUT2D eigenvalue weighted by Crippen LogP contribution is 2.34. The van der Waals surface area contributed by atoms with Crippen molar-refractivity contribution in [2.45, 2.75) is 23.9 Å². The van der Waals surface area contributed by atoms with E-state index in [-0.39, 0.29) is 0 Å². The van der Waals surface area contributed by atoms with Crippen LogP contribution in [0, 0.1) is 0 Å². The van der Waals surface area contributed by atoms with E-state index >= 15 is 0 Å². The van der Waals surface area contributed by atoms with Crippen molar-refractivity contribution in [1.82, 2.24) is 0 Å². The average molecular weight is 181 g/mol. The molecule has 0 spiro atoms. The smallest absolute Gasteiger partial charge is 0.226 e. The van der Waals surface area contributed by atoms with Gasteiger partial charge in [-0.2, -0.15) is 8.78 Å². The number of hydrogen-bond acceptors (Lipinski definition) is 0. The van der Waals surface area contributed by atoms with E-state index < -0.39 is 16.9 Å². The molecule has 0 bridgehead atoms. The molecule has 0 aliphatic carbocycles. The van der Waals surface area contributed by atoms with Crippen LogP contribution in [0.25, 0.3) is 0 Å². The van der Waals surface area contributed by atoms with Crippen LogP contribution in [-0.4, -0.2) is 10.5 Å². The molecule has 5 heteroatoms. The van der Waals surface area contributed by atoms with E-state index in [1.54, 1.807) is 0 Å². The Kier molecular flexibility index (Phi) is 2.65. The molecule has 0 amide bonds. The Bertz CT molecular complexity index is 79.0. The van der Waals surface area contributed by atoms with Crippen LogP contribution in [0.4, 0.5) is 13.2 Å². The zero-order valence-electron chi connectivity index (χ0n) is 4.60. The quantitative estimate of drug-likeness (QED) is 0.574. The molecule has 1 unspecified atom stereocenters. The Labute approximate surface area is 60.9 Å². The lowest BCUT2D eigenvalue weighted by atomic mass is 10.3. The Hall–Kier alpha value is 0.370. The summed E-state index contributed by atoms with van der Waals surface area (Å²) in [5.41, 5.74) is 0. The lowest BCUT2D eigenvalue weighted by Crippen LogP contribution is -2.19. The molecule has 9 heavy (non-hydrogen) atoms. The Morgan fingerprint density at radius 1 is 1.22 bits per heavy atom. The van der Waals surface area contributed by atoms with E-state index in [9.17, 15) is 13.2 Å². The van der Waals surface area contributed by atoms with Crippen molar-refractivity contribution in [3.63, 3.8) is 0 Å². The van der Waals surface area contributed by atoms with Gasteiger partial charge in [0.2, 0.25) is 0 Å².